The Kier molecular flexibility index (Phi) is 4.79. The van der Waals surface area contributed by atoms with Gasteiger partial charge in [-0.25, -0.2) is 4.79 Å². The third kappa shape index (κ3) is 3.39. The molecule has 1 aromatic carbocycles. The molecule has 4 heteroatoms. The number of aryl methyl sites for hydroxylation is 2. The predicted octanol–water partition coefficient (Wildman–Crippen LogP) is 4.47. The second-order valence-corrected chi connectivity index (χ2v) is 8.20. The summed E-state index contributed by atoms with van der Waals surface area (Å²) in [6.07, 6.45) is 7.24. The summed E-state index contributed by atoms with van der Waals surface area (Å²) < 4.78 is 0. The minimum absolute atomic E-state index is 0.896. The molecule has 26 heavy (non-hydrogen) atoms. The number of thiophene rings is 1. The normalized spacial score (nSPS) is 17.9. The topological polar surface area (TPSA) is 40.5 Å². The summed E-state index contributed by atoms with van der Waals surface area (Å²) in [7, 11) is 2.19. The highest BCUT2D eigenvalue weighted by atomic mass is 32.1. The molecule has 0 bridgehead atoms. The first-order valence-electron chi connectivity index (χ1n) is 9.15. The summed E-state index contributed by atoms with van der Waals surface area (Å²) in [6, 6.07) is 11.0. The van der Waals surface area contributed by atoms with E-state index in [1.807, 2.05) is 0 Å². The molecule has 0 saturated carbocycles. The van der Waals surface area contributed by atoms with Gasteiger partial charge in [0.1, 0.15) is 0 Å². The SMILES string of the molecule is CN1CCC(=C2c3ccccc3CCc3cc(C=CC(=O)O)sc32)CC1. The summed E-state index contributed by atoms with van der Waals surface area (Å²) in [5, 5.41) is 8.94. The quantitative estimate of drug-likeness (QED) is 0.798. The Bertz CT molecular complexity index is 897. The smallest absolute Gasteiger partial charge is 0.328 e. The van der Waals surface area contributed by atoms with Crippen molar-refractivity contribution in [2.75, 3.05) is 20.1 Å². The zero-order valence-electron chi connectivity index (χ0n) is 15.0. The highest BCUT2D eigenvalue weighted by molar-refractivity contribution is 7.14. The van der Waals surface area contributed by atoms with E-state index in [0.717, 1.165) is 43.6 Å². The number of aliphatic carboxylic acids is 1. The Morgan fingerprint density at radius 1 is 1.12 bits per heavy atom. The fraction of sp³-hybridized carbons (Fsp3) is 0.318. The van der Waals surface area contributed by atoms with Crippen molar-refractivity contribution in [2.45, 2.75) is 25.7 Å². The summed E-state index contributed by atoms with van der Waals surface area (Å²) in [6.45, 7) is 2.21. The van der Waals surface area contributed by atoms with Gasteiger partial charge in [-0.2, -0.15) is 0 Å². The maximum absolute atomic E-state index is 10.9. The Morgan fingerprint density at radius 3 is 2.62 bits per heavy atom. The van der Waals surface area contributed by atoms with E-state index >= 15 is 0 Å². The van der Waals surface area contributed by atoms with Gasteiger partial charge in [0.25, 0.3) is 0 Å². The first-order chi connectivity index (χ1) is 12.6. The average Bonchev–Trinajstić information content (AvgIpc) is 2.97. The maximum atomic E-state index is 10.9. The van der Waals surface area contributed by atoms with Crippen LogP contribution in [0, 0.1) is 0 Å². The van der Waals surface area contributed by atoms with E-state index in [1.165, 1.54) is 33.2 Å². The first-order valence-corrected chi connectivity index (χ1v) is 9.96. The predicted molar refractivity (Wildman–Crippen MR) is 108 cm³/mol. The lowest BCUT2D eigenvalue weighted by Gasteiger charge is -2.27. The van der Waals surface area contributed by atoms with Crippen molar-refractivity contribution in [1.29, 1.82) is 0 Å². The Hall–Kier alpha value is -2.17. The molecule has 4 rings (SSSR count). The lowest BCUT2D eigenvalue weighted by molar-refractivity contribution is -0.131. The van der Waals surface area contributed by atoms with E-state index in [-0.39, 0.29) is 0 Å². The molecule has 2 aromatic rings. The van der Waals surface area contributed by atoms with Crippen LogP contribution in [-0.2, 0) is 17.6 Å². The van der Waals surface area contributed by atoms with Crippen LogP contribution in [-0.4, -0.2) is 36.1 Å². The van der Waals surface area contributed by atoms with Crippen molar-refractivity contribution in [3.8, 4) is 0 Å². The van der Waals surface area contributed by atoms with E-state index < -0.39 is 5.97 Å². The molecule has 0 radical (unpaired) electrons. The van der Waals surface area contributed by atoms with Crippen molar-refractivity contribution in [3.05, 3.63) is 68.4 Å². The van der Waals surface area contributed by atoms with Crippen molar-refractivity contribution in [2.24, 2.45) is 0 Å². The molecule has 1 fully saturated rings. The van der Waals surface area contributed by atoms with Gasteiger partial charge in [-0.15, -0.1) is 11.3 Å². The number of carbonyl (C=O) groups is 1. The standard InChI is InChI=1S/C22H23NO2S/c1-23-12-10-16(11-13-23)21-19-5-3-2-4-15(19)6-7-17-14-18(26-22(17)21)8-9-20(24)25/h2-5,8-9,14H,6-7,10-13H2,1H3,(H,24,25). The molecule has 1 aromatic heterocycles. The largest absolute Gasteiger partial charge is 0.478 e. The second kappa shape index (κ2) is 7.22. The van der Waals surface area contributed by atoms with Crippen LogP contribution >= 0.6 is 11.3 Å². The fourth-order valence-corrected chi connectivity index (χ4v) is 5.17. The summed E-state index contributed by atoms with van der Waals surface area (Å²) in [5.41, 5.74) is 7.13. The number of carboxylic acid groups (broad SMARTS) is 1. The van der Waals surface area contributed by atoms with Crippen molar-refractivity contribution in [3.63, 3.8) is 0 Å². The number of fused-ring (bicyclic) bond motifs is 2. The summed E-state index contributed by atoms with van der Waals surface area (Å²) in [5.74, 6) is -0.896. The molecule has 3 nitrogen and oxygen atoms in total. The number of likely N-dealkylation sites (tertiary alicyclic amines) is 1. The summed E-state index contributed by atoms with van der Waals surface area (Å²) in [4.78, 5) is 15.6. The zero-order valence-corrected chi connectivity index (χ0v) is 15.8. The van der Waals surface area contributed by atoms with E-state index in [1.54, 1.807) is 23.0 Å². The van der Waals surface area contributed by atoms with Crippen LogP contribution in [0.1, 0.15) is 39.3 Å². The number of hydrogen-bond donors (Lipinski definition) is 1. The molecular weight excluding hydrogens is 342 g/mol. The van der Waals surface area contributed by atoms with Crippen molar-refractivity contribution < 1.29 is 9.90 Å². The van der Waals surface area contributed by atoms with Gasteiger partial charge in [0.2, 0.25) is 0 Å². The Labute approximate surface area is 158 Å². The van der Waals surface area contributed by atoms with Gasteiger partial charge in [-0.1, -0.05) is 29.8 Å². The van der Waals surface area contributed by atoms with Crippen LogP contribution in [0.5, 0.6) is 0 Å². The number of piperidine rings is 1. The fourth-order valence-electron chi connectivity index (χ4n) is 3.95. The molecule has 1 aliphatic carbocycles. The van der Waals surface area contributed by atoms with Crippen molar-refractivity contribution in [1.82, 2.24) is 4.90 Å². The van der Waals surface area contributed by atoms with Gasteiger partial charge in [0, 0.05) is 28.9 Å². The van der Waals surface area contributed by atoms with Gasteiger partial charge in [-0.05, 0) is 67.1 Å². The molecule has 1 aliphatic heterocycles. The number of carboxylic acids is 1. The molecule has 0 atom stereocenters. The number of nitrogens with zero attached hydrogens (tertiary/aromatic N) is 1. The van der Waals surface area contributed by atoms with Crippen LogP contribution in [0.2, 0.25) is 0 Å². The molecule has 134 valence electrons. The van der Waals surface area contributed by atoms with Crippen LogP contribution in [0.3, 0.4) is 0 Å². The first kappa shape index (κ1) is 17.3. The van der Waals surface area contributed by atoms with Crippen LogP contribution in [0.25, 0.3) is 11.6 Å². The monoisotopic (exact) mass is 365 g/mol. The molecule has 0 spiro atoms. The molecule has 2 heterocycles. The van der Waals surface area contributed by atoms with E-state index in [4.69, 9.17) is 5.11 Å². The van der Waals surface area contributed by atoms with E-state index in [2.05, 4.69) is 42.3 Å². The average molecular weight is 365 g/mol. The zero-order chi connectivity index (χ0) is 18.1. The third-order valence-corrected chi connectivity index (χ3v) is 6.50. The summed E-state index contributed by atoms with van der Waals surface area (Å²) >= 11 is 1.74. The molecule has 1 N–H and O–H groups in total. The Morgan fingerprint density at radius 2 is 1.85 bits per heavy atom. The third-order valence-electron chi connectivity index (χ3n) is 5.34. The van der Waals surface area contributed by atoms with Gasteiger partial charge in [0.15, 0.2) is 0 Å². The van der Waals surface area contributed by atoms with Gasteiger partial charge in [-0.3, -0.25) is 0 Å². The van der Waals surface area contributed by atoms with Gasteiger partial charge in [0.05, 0.1) is 0 Å². The second-order valence-electron chi connectivity index (χ2n) is 7.11. The minimum Gasteiger partial charge on any atom is -0.478 e. The molecule has 2 aliphatic rings. The molecule has 0 unspecified atom stereocenters. The molecule has 1 saturated heterocycles. The van der Waals surface area contributed by atoms with Crippen molar-refractivity contribution >= 4 is 29.0 Å². The Balaban J connectivity index is 1.86. The highest BCUT2D eigenvalue weighted by Gasteiger charge is 2.24. The minimum atomic E-state index is -0.896. The van der Waals surface area contributed by atoms with Crippen LogP contribution in [0.15, 0.2) is 42.0 Å². The van der Waals surface area contributed by atoms with E-state index in [9.17, 15) is 4.79 Å². The molecular formula is C22H23NO2S. The lowest BCUT2D eigenvalue weighted by atomic mass is 9.90. The number of hydrogen-bond acceptors (Lipinski definition) is 3. The number of benzene rings is 1. The lowest BCUT2D eigenvalue weighted by Crippen LogP contribution is -2.26. The van der Waals surface area contributed by atoms with E-state index in [0.29, 0.717) is 0 Å². The van der Waals surface area contributed by atoms with Gasteiger partial charge >= 0.3 is 5.97 Å². The maximum Gasteiger partial charge on any atom is 0.328 e. The van der Waals surface area contributed by atoms with Crippen LogP contribution < -0.4 is 0 Å². The highest BCUT2D eigenvalue weighted by Crippen LogP contribution is 2.42. The van der Waals surface area contributed by atoms with Gasteiger partial charge < -0.3 is 10.0 Å². The number of rotatable bonds is 2. The van der Waals surface area contributed by atoms with Crippen LogP contribution in [0.4, 0.5) is 0 Å². The molecule has 0 amide bonds.